The first-order valence-corrected chi connectivity index (χ1v) is 12.7. The lowest BCUT2D eigenvalue weighted by atomic mass is 9.89. The van der Waals surface area contributed by atoms with Gasteiger partial charge in [0.15, 0.2) is 0 Å². The van der Waals surface area contributed by atoms with Gasteiger partial charge in [-0.05, 0) is 37.6 Å². The number of amides is 2. The summed E-state index contributed by atoms with van der Waals surface area (Å²) < 4.78 is 117. The van der Waals surface area contributed by atoms with E-state index in [-0.39, 0.29) is 5.02 Å². The third-order valence-electron chi connectivity index (χ3n) is 5.15. The Hall–Kier alpha value is -2.87. The van der Waals surface area contributed by atoms with Crippen LogP contribution in [0, 0.1) is 6.92 Å². The minimum Gasteiger partial charge on any atom is -0.348 e. The van der Waals surface area contributed by atoms with Crippen molar-refractivity contribution in [1.29, 1.82) is 0 Å². The van der Waals surface area contributed by atoms with Crippen molar-refractivity contribution in [2.24, 2.45) is 0 Å². The van der Waals surface area contributed by atoms with Crippen molar-refractivity contribution < 1.29 is 48.7 Å². The van der Waals surface area contributed by atoms with Gasteiger partial charge in [-0.3, -0.25) is 9.59 Å². The minimum absolute atomic E-state index is 0.251. The van der Waals surface area contributed by atoms with Crippen LogP contribution in [-0.2, 0) is 15.5 Å². The molecule has 0 aliphatic carbocycles. The topological polar surface area (TPSA) is 92.3 Å². The summed E-state index contributed by atoms with van der Waals surface area (Å²) in [5, 5.41) is 4.17. The van der Waals surface area contributed by atoms with E-state index < -0.39 is 79.4 Å². The van der Waals surface area contributed by atoms with Crippen LogP contribution in [0.15, 0.2) is 36.4 Å². The van der Waals surface area contributed by atoms with Gasteiger partial charge in [0.25, 0.3) is 11.8 Å². The molecule has 6 nitrogen and oxygen atoms in total. The summed E-state index contributed by atoms with van der Waals surface area (Å²) in [4.78, 5) is 25.7. The van der Waals surface area contributed by atoms with E-state index in [0.29, 0.717) is 12.1 Å². The Morgan fingerprint density at radius 1 is 0.946 bits per heavy atom. The second-order valence-electron chi connectivity index (χ2n) is 8.22. The molecule has 0 aliphatic rings. The number of carbonyl (C=O) groups is 2. The summed E-state index contributed by atoms with van der Waals surface area (Å²) in [7, 11) is -3.49. The lowest BCUT2D eigenvalue weighted by molar-refractivity contribution is -0.348. The fourth-order valence-corrected chi connectivity index (χ4v) is 4.79. The van der Waals surface area contributed by atoms with E-state index in [1.54, 1.807) is 0 Å². The van der Waals surface area contributed by atoms with Gasteiger partial charge in [0, 0.05) is 23.5 Å². The van der Waals surface area contributed by atoms with E-state index in [4.69, 9.17) is 11.6 Å². The average Bonchev–Trinajstić information content (AvgIpc) is 2.71. The number of halogens is 8. The molecule has 0 saturated heterocycles. The summed E-state index contributed by atoms with van der Waals surface area (Å²) in [5.74, 6) is -2.57. The standard InChI is InChI=1S/C22H20ClF7N2O4S/c1-11(10-37(3,35)36)31-19(34)17-13(6-4-8-15(17)23)18(33)32-16-9-5-7-14(12(16)2)20(24,21(25,26)27)22(28,29)30/h4-9,11H,10H2,1-3H3,(H,31,34)(H,32,33)/t11-/m0/s1. The molecule has 0 aliphatic heterocycles. The van der Waals surface area contributed by atoms with E-state index in [0.717, 1.165) is 25.3 Å². The van der Waals surface area contributed by atoms with Gasteiger partial charge in [-0.2, -0.15) is 26.3 Å². The predicted molar refractivity (Wildman–Crippen MR) is 122 cm³/mol. The molecule has 2 aromatic carbocycles. The Kier molecular flexibility index (Phi) is 8.60. The first kappa shape index (κ1) is 30.4. The molecule has 37 heavy (non-hydrogen) atoms. The van der Waals surface area contributed by atoms with E-state index in [9.17, 15) is 48.7 Å². The molecule has 0 bridgehead atoms. The van der Waals surface area contributed by atoms with Gasteiger partial charge < -0.3 is 10.6 Å². The monoisotopic (exact) mass is 576 g/mol. The molecule has 2 rings (SSSR count). The van der Waals surface area contributed by atoms with Crippen LogP contribution < -0.4 is 10.6 Å². The summed E-state index contributed by atoms with van der Waals surface area (Å²) in [6.45, 7) is 2.13. The first-order valence-electron chi connectivity index (χ1n) is 10.2. The zero-order valence-corrected chi connectivity index (χ0v) is 20.9. The molecule has 2 N–H and O–H groups in total. The Labute approximate surface area is 212 Å². The normalized spacial score (nSPS) is 13.7. The Morgan fingerprint density at radius 3 is 2.00 bits per heavy atom. The van der Waals surface area contributed by atoms with Crippen molar-refractivity contribution in [2.45, 2.75) is 37.9 Å². The highest BCUT2D eigenvalue weighted by molar-refractivity contribution is 7.90. The van der Waals surface area contributed by atoms with Gasteiger partial charge in [0.2, 0.25) is 0 Å². The van der Waals surface area contributed by atoms with Gasteiger partial charge >= 0.3 is 18.0 Å². The number of sulfone groups is 1. The zero-order chi connectivity index (χ0) is 28.6. The number of anilines is 1. The van der Waals surface area contributed by atoms with Gasteiger partial charge in [-0.15, -0.1) is 0 Å². The van der Waals surface area contributed by atoms with Gasteiger partial charge in [0.05, 0.1) is 21.9 Å². The number of carbonyl (C=O) groups excluding carboxylic acids is 2. The fraction of sp³-hybridized carbons (Fsp3) is 0.364. The molecule has 0 unspecified atom stereocenters. The molecule has 204 valence electrons. The summed E-state index contributed by atoms with van der Waals surface area (Å²) >= 11 is 6.05. The van der Waals surface area contributed by atoms with E-state index in [2.05, 4.69) is 10.6 Å². The summed E-state index contributed by atoms with van der Waals surface area (Å²) in [5.41, 5.74) is -9.80. The maximum Gasteiger partial charge on any atom is 0.435 e. The fourth-order valence-electron chi connectivity index (χ4n) is 3.54. The van der Waals surface area contributed by atoms with Crippen LogP contribution in [0.3, 0.4) is 0 Å². The highest BCUT2D eigenvalue weighted by atomic mass is 35.5. The lowest BCUT2D eigenvalue weighted by Gasteiger charge is -2.32. The molecular formula is C22H20ClF7N2O4S. The molecule has 0 radical (unpaired) electrons. The number of hydrogen-bond acceptors (Lipinski definition) is 4. The predicted octanol–water partition coefficient (Wildman–Crippen LogP) is 5.35. The minimum atomic E-state index is -6.36. The van der Waals surface area contributed by atoms with Crippen LogP contribution in [0.1, 0.15) is 38.8 Å². The smallest absolute Gasteiger partial charge is 0.348 e. The number of benzene rings is 2. The highest BCUT2D eigenvalue weighted by Gasteiger charge is 2.74. The summed E-state index contributed by atoms with van der Waals surface area (Å²) in [6.07, 6.45) is -11.8. The van der Waals surface area contributed by atoms with Crippen LogP contribution in [0.25, 0.3) is 0 Å². The SMILES string of the molecule is Cc1c(NC(=O)c2cccc(Cl)c2C(=O)N[C@@H](C)CS(C)(=O)=O)cccc1C(F)(C(F)(F)F)C(F)(F)F. The number of rotatable bonds is 7. The lowest BCUT2D eigenvalue weighted by Crippen LogP contribution is -2.50. The number of alkyl halides is 7. The van der Waals surface area contributed by atoms with Crippen molar-refractivity contribution in [3.63, 3.8) is 0 Å². The van der Waals surface area contributed by atoms with Crippen LogP contribution in [-0.4, -0.2) is 50.6 Å². The molecular weight excluding hydrogens is 557 g/mol. The molecule has 1 atom stereocenters. The van der Waals surface area contributed by atoms with E-state index in [1.807, 2.05) is 0 Å². The van der Waals surface area contributed by atoms with Gasteiger partial charge in [-0.25, -0.2) is 12.8 Å². The van der Waals surface area contributed by atoms with Crippen LogP contribution in [0.2, 0.25) is 5.02 Å². The first-order chi connectivity index (χ1) is 16.7. The van der Waals surface area contributed by atoms with Crippen molar-refractivity contribution in [3.05, 3.63) is 63.7 Å². The molecule has 2 amide bonds. The number of hydrogen-bond donors (Lipinski definition) is 2. The van der Waals surface area contributed by atoms with Crippen LogP contribution in [0.5, 0.6) is 0 Å². The average molecular weight is 577 g/mol. The molecule has 0 saturated carbocycles. The molecule has 0 spiro atoms. The molecule has 2 aromatic rings. The second-order valence-corrected chi connectivity index (χ2v) is 10.8. The Morgan fingerprint density at radius 2 is 1.49 bits per heavy atom. The van der Waals surface area contributed by atoms with Crippen LogP contribution >= 0.6 is 11.6 Å². The molecule has 0 heterocycles. The second kappa shape index (κ2) is 10.5. The third-order valence-corrected chi connectivity index (χ3v) is 6.57. The highest BCUT2D eigenvalue weighted by Crippen LogP contribution is 2.54. The number of nitrogens with one attached hydrogen (secondary N) is 2. The quantitative estimate of drug-likeness (QED) is 0.435. The van der Waals surface area contributed by atoms with Crippen molar-refractivity contribution in [2.75, 3.05) is 17.3 Å². The van der Waals surface area contributed by atoms with E-state index >= 15 is 0 Å². The van der Waals surface area contributed by atoms with Gasteiger partial charge in [-0.1, -0.05) is 29.8 Å². The maximum atomic E-state index is 14.6. The largest absolute Gasteiger partial charge is 0.435 e. The Bertz CT molecular complexity index is 1300. The van der Waals surface area contributed by atoms with Gasteiger partial charge in [0.1, 0.15) is 9.84 Å². The summed E-state index contributed by atoms with van der Waals surface area (Å²) in [6, 6.07) is 4.61. The third kappa shape index (κ3) is 6.53. The van der Waals surface area contributed by atoms with Crippen molar-refractivity contribution in [1.82, 2.24) is 5.32 Å². The molecule has 15 heteroatoms. The molecule has 0 aromatic heterocycles. The Balaban J connectivity index is 2.49. The van der Waals surface area contributed by atoms with Crippen molar-refractivity contribution >= 4 is 38.9 Å². The maximum absolute atomic E-state index is 14.6. The van der Waals surface area contributed by atoms with Crippen molar-refractivity contribution in [3.8, 4) is 0 Å². The zero-order valence-electron chi connectivity index (χ0n) is 19.3. The molecule has 0 fully saturated rings. The van der Waals surface area contributed by atoms with Crippen LogP contribution in [0.4, 0.5) is 36.4 Å². The van der Waals surface area contributed by atoms with E-state index in [1.165, 1.54) is 19.1 Å².